The zero-order valence-corrected chi connectivity index (χ0v) is 14.3. The third kappa shape index (κ3) is 3.08. The average Bonchev–Trinajstić information content (AvgIpc) is 2.54. The quantitative estimate of drug-likeness (QED) is 0.816. The van der Waals surface area contributed by atoms with Crippen molar-refractivity contribution in [1.82, 2.24) is 0 Å². The van der Waals surface area contributed by atoms with Gasteiger partial charge in [-0.15, -0.1) is 0 Å². The lowest BCUT2D eigenvalue weighted by Gasteiger charge is -2.21. The van der Waals surface area contributed by atoms with Crippen molar-refractivity contribution in [2.75, 3.05) is 18.5 Å². The van der Waals surface area contributed by atoms with Crippen LogP contribution in [0.25, 0.3) is 0 Å². The van der Waals surface area contributed by atoms with Gasteiger partial charge in [-0.1, -0.05) is 22.0 Å². The smallest absolute Gasteiger partial charge is 0.267 e. The molecular formula is C15H13BrN2O3S. The van der Waals surface area contributed by atoms with Gasteiger partial charge in [-0.2, -0.15) is 5.26 Å². The van der Waals surface area contributed by atoms with Crippen LogP contribution in [-0.2, 0) is 10.0 Å². The molecule has 0 N–H and O–H groups in total. The fourth-order valence-electron chi connectivity index (χ4n) is 1.91. The predicted octanol–water partition coefficient (Wildman–Crippen LogP) is 3.15. The first-order valence-corrected chi connectivity index (χ1v) is 8.46. The van der Waals surface area contributed by atoms with E-state index >= 15 is 0 Å². The highest BCUT2D eigenvalue weighted by Crippen LogP contribution is 2.31. The number of benzene rings is 2. The van der Waals surface area contributed by atoms with Gasteiger partial charge in [0.2, 0.25) is 0 Å². The largest absolute Gasteiger partial charge is 0.495 e. The van der Waals surface area contributed by atoms with Crippen molar-refractivity contribution < 1.29 is 13.2 Å². The van der Waals surface area contributed by atoms with Crippen molar-refractivity contribution in [3.63, 3.8) is 0 Å². The summed E-state index contributed by atoms with van der Waals surface area (Å²) in [6.45, 7) is 0. The summed E-state index contributed by atoms with van der Waals surface area (Å²) >= 11 is 3.26. The molecule has 0 saturated carbocycles. The topological polar surface area (TPSA) is 70.4 Å². The second-order valence-electron chi connectivity index (χ2n) is 4.43. The lowest BCUT2D eigenvalue weighted by Crippen LogP contribution is -2.27. The van der Waals surface area contributed by atoms with Gasteiger partial charge in [0.1, 0.15) is 10.6 Å². The molecule has 2 aromatic carbocycles. The highest BCUT2D eigenvalue weighted by molar-refractivity contribution is 9.10. The Labute approximate surface area is 137 Å². The minimum atomic E-state index is -3.81. The van der Waals surface area contributed by atoms with Crippen LogP contribution in [-0.4, -0.2) is 22.6 Å². The Balaban J connectivity index is 2.54. The van der Waals surface area contributed by atoms with Crippen molar-refractivity contribution in [3.8, 4) is 11.8 Å². The molecule has 0 aromatic heterocycles. The molecule has 22 heavy (non-hydrogen) atoms. The van der Waals surface area contributed by atoms with Gasteiger partial charge in [-0.25, -0.2) is 8.42 Å². The number of sulfonamides is 1. The molecule has 0 heterocycles. The van der Waals surface area contributed by atoms with Crippen molar-refractivity contribution in [1.29, 1.82) is 5.26 Å². The zero-order valence-electron chi connectivity index (χ0n) is 11.9. The Hall–Kier alpha value is -2.04. The molecular weight excluding hydrogens is 368 g/mol. The van der Waals surface area contributed by atoms with Crippen LogP contribution in [0.2, 0.25) is 0 Å². The van der Waals surface area contributed by atoms with E-state index in [1.807, 2.05) is 6.07 Å². The molecule has 0 saturated heterocycles. The van der Waals surface area contributed by atoms with Crippen molar-refractivity contribution in [2.24, 2.45) is 0 Å². The van der Waals surface area contributed by atoms with Crippen LogP contribution in [0.15, 0.2) is 51.8 Å². The summed E-state index contributed by atoms with van der Waals surface area (Å²) in [4.78, 5) is 0.0502. The van der Waals surface area contributed by atoms with Crippen molar-refractivity contribution in [2.45, 2.75) is 4.90 Å². The number of anilines is 1. The van der Waals surface area contributed by atoms with E-state index in [-0.39, 0.29) is 10.6 Å². The summed E-state index contributed by atoms with van der Waals surface area (Å²) in [5, 5.41) is 8.94. The van der Waals surface area contributed by atoms with Crippen molar-refractivity contribution in [3.05, 3.63) is 52.5 Å². The fraction of sp³-hybridized carbons (Fsp3) is 0.133. The summed E-state index contributed by atoms with van der Waals surface area (Å²) in [5.74, 6) is 0.256. The molecule has 0 aliphatic rings. The number of rotatable bonds is 4. The predicted molar refractivity (Wildman–Crippen MR) is 87.4 cm³/mol. The average molecular weight is 381 g/mol. The number of hydrogen-bond acceptors (Lipinski definition) is 4. The second kappa shape index (κ2) is 6.38. The Bertz CT molecular complexity index is 844. The molecule has 0 spiro atoms. The molecule has 0 bridgehead atoms. The number of nitrogens with zero attached hydrogens (tertiary/aromatic N) is 2. The highest BCUT2D eigenvalue weighted by atomic mass is 79.9. The molecule has 2 rings (SSSR count). The van der Waals surface area contributed by atoms with Gasteiger partial charge in [0.25, 0.3) is 10.0 Å². The molecule has 5 nitrogen and oxygen atoms in total. The first-order chi connectivity index (χ1) is 10.4. The van der Waals surface area contributed by atoms with Gasteiger partial charge in [0.05, 0.1) is 24.4 Å². The maximum atomic E-state index is 12.8. The SMILES string of the molecule is COc1ccc(Br)cc1S(=O)(=O)N(C)c1cccc(C#N)c1. The van der Waals surface area contributed by atoms with E-state index < -0.39 is 10.0 Å². The maximum Gasteiger partial charge on any atom is 0.267 e. The van der Waals surface area contributed by atoms with Gasteiger partial charge in [-0.05, 0) is 36.4 Å². The van der Waals surface area contributed by atoms with E-state index in [9.17, 15) is 8.42 Å². The molecule has 114 valence electrons. The third-order valence-corrected chi connectivity index (χ3v) is 5.40. The van der Waals surface area contributed by atoms with Gasteiger partial charge in [0.15, 0.2) is 0 Å². The van der Waals surface area contributed by atoms with E-state index in [1.54, 1.807) is 30.3 Å². The maximum absolute atomic E-state index is 12.8. The molecule has 0 fully saturated rings. The minimum absolute atomic E-state index is 0.0502. The van der Waals surface area contributed by atoms with Crippen LogP contribution in [0.1, 0.15) is 5.56 Å². The molecule has 0 atom stereocenters. The van der Waals surface area contributed by atoms with Crippen LogP contribution in [0.5, 0.6) is 5.75 Å². The van der Waals surface area contributed by atoms with Crippen LogP contribution in [0.4, 0.5) is 5.69 Å². The molecule has 7 heteroatoms. The molecule has 2 aromatic rings. The first kappa shape index (κ1) is 16.3. The summed E-state index contributed by atoms with van der Waals surface area (Å²) in [6, 6.07) is 13.2. The molecule has 0 amide bonds. The Morgan fingerprint density at radius 2 is 1.95 bits per heavy atom. The lowest BCUT2D eigenvalue weighted by atomic mass is 10.2. The highest BCUT2D eigenvalue weighted by Gasteiger charge is 2.25. The van der Waals surface area contributed by atoms with Crippen LogP contribution < -0.4 is 9.04 Å². The Morgan fingerprint density at radius 3 is 2.59 bits per heavy atom. The monoisotopic (exact) mass is 380 g/mol. The lowest BCUT2D eigenvalue weighted by molar-refractivity contribution is 0.402. The van der Waals surface area contributed by atoms with E-state index in [2.05, 4.69) is 15.9 Å². The second-order valence-corrected chi connectivity index (χ2v) is 7.28. The minimum Gasteiger partial charge on any atom is -0.495 e. The molecule has 0 radical (unpaired) electrons. The summed E-state index contributed by atoms with van der Waals surface area (Å²) in [6.07, 6.45) is 0. The van der Waals surface area contributed by atoms with E-state index in [4.69, 9.17) is 10.00 Å². The van der Waals surface area contributed by atoms with Gasteiger partial charge < -0.3 is 4.74 Å². The Kier molecular flexibility index (Phi) is 4.74. The van der Waals surface area contributed by atoms with Gasteiger partial charge in [0, 0.05) is 11.5 Å². The number of nitriles is 1. The van der Waals surface area contributed by atoms with Gasteiger partial charge >= 0.3 is 0 Å². The Morgan fingerprint density at radius 1 is 1.23 bits per heavy atom. The van der Waals surface area contributed by atoms with E-state index in [1.165, 1.54) is 26.3 Å². The molecule has 0 aliphatic carbocycles. The van der Waals surface area contributed by atoms with Crippen molar-refractivity contribution >= 4 is 31.6 Å². The number of methoxy groups -OCH3 is 1. The molecule has 0 unspecified atom stereocenters. The van der Waals surface area contributed by atoms with Gasteiger partial charge in [-0.3, -0.25) is 4.31 Å². The molecule has 0 aliphatic heterocycles. The van der Waals surface area contributed by atoms with E-state index in [0.29, 0.717) is 15.7 Å². The first-order valence-electron chi connectivity index (χ1n) is 6.23. The van der Waals surface area contributed by atoms with Crippen LogP contribution in [0.3, 0.4) is 0 Å². The van der Waals surface area contributed by atoms with E-state index in [0.717, 1.165) is 4.31 Å². The summed E-state index contributed by atoms with van der Waals surface area (Å²) < 4.78 is 32.5. The third-order valence-electron chi connectivity index (χ3n) is 3.10. The fourth-order valence-corrected chi connectivity index (χ4v) is 3.79. The standard InChI is InChI=1S/C15H13BrN2O3S/c1-18(13-5-3-4-11(8-13)10-17)22(19,20)15-9-12(16)6-7-14(15)21-2/h3-9H,1-2H3. The normalized spacial score (nSPS) is 10.8. The van der Waals surface area contributed by atoms with Crippen LogP contribution in [0, 0.1) is 11.3 Å². The summed E-state index contributed by atoms with van der Waals surface area (Å²) in [7, 11) is -0.961. The number of halogens is 1. The zero-order chi connectivity index (χ0) is 16.3. The number of ether oxygens (including phenoxy) is 1. The number of hydrogen-bond donors (Lipinski definition) is 0. The summed E-state index contributed by atoms with van der Waals surface area (Å²) in [5.41, 5.74) is 0.793. The van der Waals surface area contributed by atoms with Crippen LogP contribution >= 0.6 is 15.9 Å².